The largest absolute Gasteiger partial charge is 0.392 e. The van der Waals surface area contributed by atoms with Crippen LogP contribution in [0.3, 0.4) is 0 Å². The van der Waals surface area contributed by atoms with Crippen molar-refractivity contribution in [1.29, 1.82) is 0 Å². The number of carbonyl (C=O) groups excluding carboxylic acids is 1. The summed E-state index contributed by atoms with van der Waals surface area (Å²) in [6, 6.07) is 0.332. The summed E-state index contributed by atoms with van der Waals surface area (Å²) in [6.45, 7) is 2.25. The minimum absolute atomic E-state index is 0.0790. The Morgan fingerprint density at radius 1 is 1.35 bits per heavy atom. The average molecular weight is 254 g/mol. The molecule has 2 aliphatic carbocycles. The maximum absolute atomic E-state index is 12.3. The third-order valence-electron chi connectivity index (χ3n) is 4.39. The Morgan fingerprint density at radius 2 is 2.06 bits per heavy atom. The lowest BCUT2D eigenvalue weighted by atomic mass is 9.67. The second-order valence-corrected chi connectivity index (χ2v) is 6.18. The summed E-state index contributed by atoms with van der Waals surface area (Å²) in [5.41, 5.74) is 5.22. The Morgan fingerprint density at radius 3 is 2.53 bits per heavy atom. The number of carbonyl (C=O) groups is 1. The topological polar surface area (TPSA) is 55.1 Å². The van der Waals surface area contributed by atoms with Gasteiger partial charge in [-0.15, -0.1) is 0 Å². The van der Waals surface area contributed by atoms with Gasteiger partial charge in [0.1, 0.15) is 0 Å². The summed E-state index contributed by atoms with van der Waals surface area (Å²) in [5.74, 6) is 0.798. The van der Waals surface area contributed by atoms with Crippen molar-refractivity contribution in [2.45, 2.75) is 57.9 Å². The van der Waals surface area contributed by atoms with Crippen LogP contribution in [-0.4, -0.2) is 16.9 Å². The van der Waals surface area contributed by atoms with E-state index in [1.165, 1.54) is 12.8 Å². The number of thiocarbonyl (C=S) groups is 1. The summed E-state index contributed by atoms with van der Waals surface area (Å²) in [4.78, 5) is 12.7. The molecular weight excluding hydrogens is 232 g/mol. The first-order chi connectivity index (χ1) is 8.04. The molecule has 2 fully saturated rings. The van der Waals surface area contributed by atoms with Crippen molar-refractivity contribution in [3.63, 3.8) is 0 Å². The maximum Gasteiger partial charge on any atom is 0.233 e. The van der Waals surface area contributed by atoms with Crippen molar-refractivity contribution >= 4 is 23.1 Å². The zero-order chi connectivity index (χ0) is 12.5. The molecule has 1 amide bonds. The fourth-order valence-corrected chi connectivity index (χ4v) is 3.30. The Labute approximate surface area is 109 Å². The van der Waals surface area contributed by atoms with Gasteiger partial charge >= 0.3 is 0 Å². The third kappa shape index (κ3) is 2.46. The van der Waals surface area contributed by atoms with E-state index in [4.69, 9.17) is 18.0 Å². The first-order valence-electron chi connectivity index (χ1n) is 6.65. The molecule has 2 unspecified atom stereocenters. The van der Waals surface area contributed by atoms with Crippen LogP contribution in [0, 0.1) is 11.3 Å². The van der Waals surface area contributed by atoms with Gasteiger partial charge in [-0.05, 0) is 31.6 Å². The van der Waals surface area contributed by atoms with Crippen LogP contribution < -0.4 is 11.1 Å². The van der Waals surface area contributed by atoms with Gasteiger partial charge in [-0.3, -0.25) is 4.79 Å². The molecule has 0 aliphatic heterocycles. The number of nitrogens with one attached hydrogen (secondary N) is 1. The summed E-state index contributed by atoms with van der Waals surface area (Å²) < 4.78 is 0. The zero-order valence-corrected chi connectivity index (χ0v) is 11.3. The van der Waals surface area contributed by atoms with Gasteiger partial charge in [0.2, 0.25) is 5.91 Å². The summed E-state index contributed by atoms with van der Waals surface area (Å²) in [5, 5.41) is 3.17. The van der Waals surface area contributed by atoms with Crippen molar-refractivity contribution < 1.29 is 4.79 Å². The van der Waals surface area contributed by atoms with E-state index in [0.717, 1.165) is 38.0 Å². The molecule has 3 nitrogen and oxygen atoms in total. The molecule has 0 saturated heterocycles. The SMILES string of the molecule is CC1CCCC(NC(=O)C2(C(N)=S)CCC2)C1. The molecular formula is C13H22N2OS. The van der Waals surface area contributed by atoms with E-state index < -0.39 is 5.41 Å². The minimum Gasteiger partial charge on any atom is -0.392 e. The molecule has 2 aliphatic rings. The van der Waals surface area contributed by atoms with Gasteiger partial charge in [0, 0.05) is 6.04 Å². The molecule has 4 heteroatoms. The summed E-state index contributed by atoms with van der Waals surface area (Å²) in [7, 11) is 0. The molecule has 0 heterocycles. The molecule has 0 aromatic rings. The molecule has 0 radical (unpaired) electrons. The highest BCUT2D eigenvalue weighted by Gasteiger charge is 2.47. The van der Waals surface area contributed by atoms with Crippen LogP contribution in [0.1, 0.15) is 51.9 Å². The second-order valence-electron chi connectivity index (χ2n) is 5.74. The monoisotopic (exact) mass is 254 g/mol. The van der Waals surface area contributed by atoms with Crippen molar-refractivity contribution in [1.82, 2.24) is 5.32 Å². The molecule has 17 heavy (non-hydrogen) atoms. The fraction of sp³-hybridized carbons (Fsp3) is 0.846. The van der Waals surface area contributed by atoms with E-state index in [2.05, 4.69) is 12.2 Å². The van der Waals surface area contributed by atoms with Gasteiger partial charge < -0.3 is 11.1 Å². The first-order valence-corrected chi connectivity index (χ1v) is 7.06. The molecule has 3 N–H and O–H groups in total. The standard InChI is InChI=1S/C13H22N2OS/c1-9-4-2-5-10(8-9)15-12(16)13(11(14)17)6-3-7-13/h9-10H,2-8H2,1H3,(H2,14,17)(H,15,16). The molecule has 2 atom stereocenters. The number of hydrogen-bond donors (Lipinski definition) is 2. The van der Waals surface area contributed by atoms with Crippen LogP contribution in [0.4, 0.5) is 0 Å². The van der Waals surface area contributed by atoms with E-state index in [-0.39, 0.29) is 5.91 Å². The molecule has 96 valence electrons. The Kier molecular flexibility index (Phi) is 3.71. The van der Waals surface area contributed by atoms with E-state index in [9.17, 15) is 4.79 Å². The highest BCUT2D eigenvalue weighted by atomic mass is 32.1. The molecule has 2 saturated carbocycles. The number of rotatable bonds is 3. The van der Waals surface area contributed by atoms with Crippen LogP contribution in [0.15, 0.2) is 0 Å². The van der Waals surface area contributed by atoms with Gasteiger partial charge in [0.15, 0.2) is 0 Å². The lowest BCUT2D eigenvalue weighted by molar-refractivity contribution is -0.131. The predicted molar refractivity (Wildman–Crippen MR) is 72.6 cm³/mol. The molecule has 0 aromatic heterocycles. The van der Waals surface area contributed by atoms with E-state index >= 15 is 0 Å². The highest BCUT2D eigenvalue weighted by Crippen LogP contribution is 2.41. The second kappa shape index (κ2) is 4.92. The first kappa shape index (κ1) is 12.8. The lowest BCUT2D eigenvalue weighted by Gasteiger charge is -2.41. The van der Waals surface area contributed by atoms with Crippen LogP contribution in [0.5, 0.6) is 0 Å². The predicted octanol–water partition coefficient (Wildman–Crippen LogP) is 2.14. The Balaban J connectivity index is 1.94. The number of amides is 1. The minimum atomic E-state index is -0.518. The van der Waals surface area contributed by atoms with Crippen molar-refractivity contribution in [3.05, 3.63) is 0 Å². The zero-order valence-electron chi connectivity index (χ0n) is 10.5. The third-order valence-corrected chi connectivity index (χ3v) is 4.78. The van der Waals surface area contributed by atoms with Gasteiger partial charge in [-0.25, -0.2) is 0 Å². The average Bonchev–Trinajstić information content (AvgIpc) is 2.14. The van der Waals surface area contributed by atoms with Gasteiger partial charge in [0.05, 0.1) is 10.4 Å². The van der Waals surface area contributed by atoms with Crippen molar-refractivity contribution in [3.8, 4) is 0 Å². The van der Waals surface area contributed by atoms with Gasteiger partial charge in [-0.1, -0.05) is 38.4 Å². The summed E-state index contributed by atoms with van der Waals surface area (Å²) in [6.07, 6.45) is 7.42. The lowest BCUT2D eigenvalue weighted by Crippen LogP contribution is -2.55. The molecule has 2 rings (SSSR count). The number of hydrogen-bond acceptors (Lipinski definition) is 2. The Bertz CT molecular complexity index is 325. The fourth-order valence-electron chi connectivity index (χ4n) is 3.00. The van der Waals surface area contributed by atoms with Crippen LogP contribution in [-0.2, 0) is 4.79 Å². The Hall–Kier alpha value is -0.640. The van der Waals surface area contributed by atoms with Crippen LogP contribution in [0.2, 0.25) is 0 Å². The van der Waals surface area contributed by atoms with E-state index in [1.54, 1.807) is 0 Å². The van der Waals surface area contributed by atoms with Gasteiger partial charge in [0.25, 0.3) is 0 Å². The van der Waals surface area contributed by atoms with E-state index in [0.29, 0.717) is 11.0 Å². The van der Waals surface area contributed by atoms with Crippen molar-refractivity contribution in [2.75, 3.05) is 0 Å². The van der Waals surface area contributed by atoms with Crippen LogP contribution in [0.25, 0.3) is 0 Å². The normalized spacial score (nSPS) is 31.4. The van der Waals surface area contributed by atoms with Gasteiger partial charge in [-0.2, -0.15) is 0 Å². The smallest absolute Gasteiger partial charge is 0.233 e. The molecule has 0 bridgehead atoms. The van der Waals surface area contributed by atoms with E-state index in [1.807, 2.05) is 0 Å². The molecule has 0 spiro atoms. The molecule has 0 aromatic carbocycles. The van der Waals surface area contributed by atoms with Crippen molar-refractivity contribution in [2.24, 2.45) is 17.1 Å². The quantitative estimate of drug-likeness (QED) is 0.759. The summed E-state index contributed by atoms with van der Waals surface area (Å²) >= 11 is 5.06. The maximum atomic E-state index is 12.3. The van der Waals surface area contributed by atoms with Crippen LogP contribution >= 0.6 is 12.2 Å². The number of nitrogens with two attached hydrogens (primary N) is 1. The highest BCUT2D eigenvalue weighted by molar-refractivity contribution is 7.80.